The highest BCUT2D eigenvalue weighted by Crippen LogP contribution is 2.25. The van der Waals surface area contributed by atoms with E-state index >= 15 is 0 Å². The molecule has 0 aliphatic heterocycles. The van der Waals surface area contributed by atoms with E-state index < -0.39 is 5.91 Å². The number of benzene rings is 2. The van der Waals surface area contributed by atoms with Crippen molar-refractivity contribution < 1.29 is 9.53 Å². The highest BCUT2D eigenvalue weighted by molar-refractivity contribution is 9.10. The molecule has 2 aromatic rings. The number of primary amides is 1. The van der Waals surface area contributed by atoms with Crippen molar-refractivity contribution in [3.63, 3.8) is 0 Å². The number of carbonyl (C=O) groups excluding carboxylic acids is 1. The molecule has 2 aromatic carbocycles. The standard InChI is InChI=1S/C14H12BrClN2O2/c15-9-2-1-8(12(16)5-9)7-20-13-4-3-10(17)6-11(13)14(18)19/h1-6H,7,17H2,(H2,18,19). The molecular weight excluding hydrogens is 344 g/mol. The van der Waals surface area contributed by atoms with Gasteiger partial charge in [-0.05, 0) is 30.3 Å². The molecule has 1 amide bonds. The first-order valence-electron chi connectivity index (χ1n) is 5.73. The molecule has 0 spiro atoms. The van der Waals surface area contributed by atoms with E-state index in [1.807, 2.05) is 12.1 Å². The second kappa shape index (κ2) is 6.15. The van der Waals surface area contributed by atoms with Gasteiger partial charge in [-0.15, -0.1) is 0 Å². The molecule has 0 saturated carbocycles. The number of hydrogen-bond acceptors (Lipinski definition) is 3. The molecule has 6 heteroatoms. The van der Waals surface area contributed by atoms with Crippen LogP contribution in [0.3, 0.4) is 0 Å². The van der Waals surface area contributed by atoms with E-state index in [0.717, 1.165) is 10.0 Å². The van der Waals surface area contributed by atoms with Crippen LogP contribution in [0.4, 0.5) is 5.69 Å². The van der Waals surface area contributed by atoms with Crippen LogP contribution in [0, 0.1) is 0 Å². The van der Waals surface area contributed by atoms with Gasteiger partial charge in [0.25, 0.3) is 5.91 Å². The third kappa shape index (κ3) is 3.43. The van der Waals surface area contributed by atoms with E-state index in [0.29, 0.717) is 16.5 Å². The predicted molar refractivity (Wildman–Crippen MR) is 82.9 cm³/mol. The van der Waals surface area contributed by atoms with Gasteiger partial charge >= 0.3 is 0 Å². The number of carbonyl (C=O) groups is 1. The highest BCUT2D eigenvalue weighted by atomic mass is 79.9. The van der Waals surface area contributed by atoms with E-state index in [2.05, 4.69) is 15.9 Å². The summed E-state index contributed by atoms with van der Waals surface area (Å²) in [6.07, 6.45) is 0. The number of anilines is 1. The molecule has 0 heterocycles. The van der Waals surface area contributed by atoms with Gasteiger partial charge in [0.05, 0.1) is 5.56 Å². The van der Waals surface area contributed by atoms with Crippen LogP contribution in [-0.4, -0.2) is 5.91 Å². The van der Waals surface area contributed by atoms with E-state index in [4.69, 9.17) is 27.8 Å². The summed E-state index contributed by atoms with van der Waals surface area (Å²) in [7, 11) is 0. The Morgan fingerprint density at radius 2 is 2.00 bits per heavy atom. The lowest BCUT2D eigenvalue weighted by molar-refractivity contribution is 0.0996. The van der Waals surface area contributed by atoms with Crippen molar-refractivity contribution in [3.8, 4) is 5.75 Å². The quantitative estimate of drug-likeness (QED) is 0.825. The summed E-state index contributed by atoms with van der Waals surface area (Å²) in [4.78, 5) is 11.4. The van der Waals surface area contributed by atoms with Gasteiger partial charge in [-0.1, -0.05) is 33.6 Å². The lowest BCUT2D eigenvalue weighted by Crippen LogP contribution is -2.13. The fourth-order valence-electron chi connectivity index (χ4n) is 1.66. The van der Waals surface area contributed by atoms with E-state index in [1.54, 1.807) is 18.2 Å². The molecule has 104 valence electrons. The number of rotatable bonds is 4. The highest BCUT2D eigenvalue weighted by Gasteiger charge is 2.11. The summed E-state index contributed by atoms with van der Waals surface area (Å²) in [6.45, 7) is 0.232. The summed E-state index contributed by atoms with van der Waals surface area (Å²) < 4.78 is 6.49. The van der Waals surface area contributed by atoms with Crippen LogP contribution in [0.25, 0.3) is 0 Å². The average molecular weight is 356 g/mol. The Hall–Kier alpha value is -1.72. The van der Waals surface area contributed by atoms with Crippen molar-refractivity contribution in [2.45, 2.75) is 6.61 Å². The van der Waals surface area contributed by atoms with Crippen molar-refractivity contribution in [1.82, 2.24) is 0 Å². The van der Waals surface area contributed by atoms with Crippen LogP contribution < -0.4 is 16.2 Å². The Morgan fingerprint density at radius 3 is 2.65 bits per heavy atom. The first kappa shape index (κ1) is 14.7. The van der Waals surface area contributed by atoms with Gasteiger partial charge in [0.2, 0.25) is 0 Å². The summed E-state index contributed by atoms with van der Waals surface area (Å²) in [5, 5.41) is 0.579. The van der Waals surface area contributed by atoms with Gasteiger partial charge in [0, 0.05) is 20.7 Å². The van der Waals surface area contributed by atoms with Gasteiger partial charge in [-0.25, -0.2) is 0 Å². The molecule has 0 aromatic heterocycles. The third-order valence-corrected chi connectivity index (χ3v) is 3.51. The van der Waals surface area contributed by atoms with Crippen LogP contribution in [0.2, 0.25) is 5.02 Å². The molecule has 0 fully saturated rings. The smallest absolute Gasteiger partial charge is 0.252 e. The molecule has 2 rings (SSSR count). The molecule has 20 heavy (non-hydrogen) atoms. The van der Waals surface area contributed by atoms with E-state index in [9.17, 15) is 4.79 Å². The second-order valence-corrected chi connectivity index (χ2v) is 5.47. The Bertz CT molecular complexity index is 662. The normalized spacial score (nSPS) is 10.3. The summed E-state index contributed by atoms with van der Waals surface area (Å²) in [6, 6.07) is 10.2. The molecule has 4 nitrogen and oxygen atoms in total. The molecule has 0 aliphatic rings. The number of ether oxygens (including phenoxy) is 1. The van der Waals surface area contributed by atoms with Crippen LogP contribution >= 0.6 is 27.5 Å². The first-order chi connectivity index (χ1) is 9.47. The number of halogens is 2. The van der Waals surface area contributed by atoms with Gasteiger partial charge in [0.1, 0.15) is 12.4 Å². The number of nitrogens with two attached hydrogens (primary N) is 2. The molecular formula is C14H12BrClN2O2. The van der Waals surface area contributed by atoms with Crippen LogP contribution in [0.15, 0.2) is 40.9 Å². The van der Waals surface area contributed by atoms with Gasteiger partial charge in [-0.2, -0.15) is 0 Å². The van der Waals surface area contributed by atoms with Crippen LogP contribution in [0.5, 0.6) is 5.75 Å². The Kier molecular flexibility index (Phi) is 4.52. The molecule has 0 unspecified atom stereocenters. The molecule has 0 atom stereocenters. The Morgan fingerprint density at radius 1 is 1.25 bits per heavy atom. The fraction of sp³-hybridized carbons (Fsp3) is 0.0714. The zero-order valence-electron chi connectivity index (χ0n) is 10.4. The number of hydrogen-bond donors (Lipinski definition) is 2. The summed E-state index contributed by atoms with van der Waals surface area (Å²) >= 11 is 9.43. The van der Waals surface area contributed by atoms with Crippen molar-refractivity contribution in [2.24, 2.45) is 5.73 Å². The second-order valence-electron chi connectivity index (χ2n) is 4.14. The topological polar surface area (TPSA) is 78.3 Å². The van der Waals surface area contributed by atoms with Gasteiger partial charge < -0.3 is 16.2 Å². The zero-order chi connectivity index (χ0) is 14.7. The van der Waals surface area contributed by atoms with Crippen molar-refractivity contribution in [1.29, 1.82) is 0 Å². The predicted octanol–water partition coefficient (Wildman–Crippen LogP) is 3.36. The summed E-state index contributed by atoms with van der Waals surface area (Å²) in [5.41, 5.74) is 12.4. The maximum Gasteiger partial charge on any atom is 0.252 e. The third-order valence-electron chi connectivity index (χ3n) is 2.67. The van der Waals surface area contributed by atoms with Crippen LogP contribution in [-0.2, 0) is 6.61 Å². The number of amides is 1. The Labute approximate surface area is 129 Å². The SMILES string of the molecule is NC(=O)c1cc(N)ccc1OCc1ccc(Br)cc1Cl. The summed E-state index contributed by atoms with van der Waals surface area (Å²) in [5.74, 6) is -0.208. The minimum atomic E-state index is -0.589. The lowest BCUT2D eigenvalue weighted by atomic mass is 10.1. The maximum atomic E-state index is 11.4. The monoisotopic (exact) mass is 354 g/mol. The first-order valence-corrected chi connectivity index (χ1v) is 6.90. The molecule has 0 saturated heterocycles. The number of nitrogen functional groups attached to an aromatic ring is 1. The lowest BCUT2D eigenvalue weighted by Gasteiger charge is -2.11. The van der Waals surface area contributed by atoms with Crippen molar-refractivity contribution >= 4 is 39.1 Å². The fourth-order valence-corrected chi connectivity index (χ4v) is 2.39. The van der Waals surface area contributed by atoms with E-state index in [1.165, 1.54) is 6.07 Å². The average Bonchev–Trinajstić information content (AvgIpc) is 2.38. The maximum absolute atomic E-state index is 11.4. The largest absolute Gasteiger partial charge is 0.488 e. The molecule has 4 N–H and O–H groups in total. The van der Waals surface area contributed by atoms with Crippen molar-refractivity contribution in [3.05, 3.63) is 57.0 Å². The van der Waals surface area contributed by atoms with Crippen molar-refractivity contribution in [2.75, 3.05) is 5.73 Å². The minimum Gasteiger partial charge on any atom is -0.488 e. The zero-order valence-corrected chi connectivity index (χ0v) is 12.7. The minimum absolute atomic E-state index is 0.232. The van der Waals surface area contributed by atoms with Gasteiger partial charge in [0.15, 0.2) is 0 Å². The molecule has 0 bridgehead atoms. The molecule has 0 aliphatic carbocycles. The van der Waals surface area contributed by atoms with Crippen LogP contribution in [0.1, 0.15) is 15.9 Å². The van der Waals surface area contributed by atoms with Gasteiger partial charge in [-0.3, -0.25) is 4.79 Å². The van der Waals surface area contributed by atoms with E-state index in [-0.39, 0.29) is 12.2 Å². The molecule has 0 radical (unpaired) electrons. The Balaban J connectivity index is 2.20.